The SMILES string of the molecule is CC(C)C/C=C\CC1CCCC(CC(=O)OC2C3CC4(C#N)C(=O)OC2C4O3)C1. The Morgan fingerprint density at radius 3 is 2.90 bits per heavy atom. The van der Waals surface area contributed by atoms with Gasteiger partial charge in [0.25, 0.3) is 0 Å². The minimum atomic E-state index is -1.20. The predicted octanol–water partition coefficient (Wildman–Crippen LogP) is 3.69. The van der Waals surface area contributed by atoms with Crippen molar-refractivity contribution in [1.29, 1.82) is 5.26 Å². The van der Waals surface area contributed by atoms with Crippen molar-refractivity contribution >= 4 is 11.9 Å². The van der Waals surface area contributed by atoms with E-state index in [0.717, 1.165) is 32.1 Å². The summed E-state index contributed by atoms with van der Waals surface area (Å²) in [4.78, 5) is 24.7. The molecule has 29 heavy (non-hydrogen) atoms. The van der Waals surface area contributed by atoms with E-state index in [1.165, 1.54) is 6.42 Å². The molecule has 0 aromatic heterocycles. The number of carbonyl (C=O) groups excluding carboxylic acids is 2. The van der Waals surface area contributed by atoms with Crippen LogP contribution in [-0.2, 0) is 23.8 Å². The third-order valence-corrected chi connectivity index (χ3v) is 6.98. The molecule has 4 rings (SSSR count). The highest BCUT2D eigenvalue weighted by Gasteiger charge is 2.74. The number of ether oxygens (including phenoxy) is 3. The van der Waals surface area contributed by atoms with Gasteiger partial charge in [-0.3, -0.25) is 9.59 Å². The van der Waals surface area contributed by atoms with Gasteiger partial charge in [0, 0.05) is 12.8 Å². The van der Waals surface area contributed by atoms with Crippen molar-refractivity contribution in [2.24, 2.45) is 23.2 Å². The molecular weight excluding hydrogens is 370 g/mol. The molecule has 3 saturated heterocycles. The van der Waals surface area contributed by atoms with Gasteiger partial charge >= 0.3 is 11.9 Å². The van der Waals surface area contributed by atoms with Gasteiger partial charge in [-0.15, -0.1) is 0 Å². The zero-order valence-electron chi connectivity index (χ0n) is 17.3. The van der Waals surface area contributed by atoms with Crippen LogP contribution in [0.1, 0.15) is 65.2 Å². The average Bonchev–Trinajstić information content (AvgIpc) is 3.27. The number of nitriles is 1. The van der Waals surface area contributed by atoms with Crippen LogP contribution in [0.5, 0.6) is 0 Å². The maximum Gasteiger partial charge on any atom is 0.329 e. The standard InChI is InChI=1S/C23H31NO5/c1-14(2)6-3-4-7-15-8-5-9-16(10-15)11-18(25)28-19-17-12-23(13-24)21(27-17)20(19)29-22(23)26/h3-4,14-17,19-21H,5-12H2,1-2H3/b4-3-. The van der Waals surface area contributed by atoms with Crippen LogP contribution in [0.4, 0.5) is 0 Å². The number of rotatable bonds is 7. The largest absolute Gasteiger partial charge is 0.455 e. The topological polar surface area (TPSA) is 85.6 Å². The molecule has 0 spiro atoms. The van der Waals surface area contributed by atoms with Crippen molar-refractivity contribution < 1.29 is 23.8 Å². The van der Waals surface area contributed by atoms with Gasteiger partial charge in [0.2, 0.25) is 0 Å². The number of hydrogen-bond acceptors (Lipinski definition) is 6. The molecular formula is C23H31NO5. The normalized spacial score (nSPS) is 40.4. The van der Waals surface area contributed by atoms with Crippen LogP contribution in [-0.4, -0.2) is 36.4 Å². The molecule has 0 amide bonds. The summed E-state index contributed by atoms with van der Waals surface area (Å²) in [6.45, 7) is 4.45. The average molecular weight is 402 g/mol. The maximum atomic E-state index is 12.6. The van der Waals surface area contributed by atoms with E-state index >= 15 is 0 Å². The lowest BCUT2D eigenvalue weighted by Gasteiger charge is -2.29. The predicted molar refractivity (Wildman–Crippen MR) is 104 cm³/mol. The van der Waals surface area contributed by atoms with Crippen LogP contribution in [0.2, 0.25) is 0 Å². The van der Waals surface area contributed by atoms with Gasteiger partial charge in [0.1, 0.15) is 12.2 Å². The monoisotopic (exact) mass is 401 g/mol. The summed E-state index contributed by atoms with van der Waals surface area (Å²) in [7, 11) is 0. The molecule has 3 aliphatic heterocycles. The lowest BCUT2D eigenvalue weighted by molar-refractivity contribution is -0.161. The fourth-order valence-electron chi connectivity index (χ4n) is 5.47. The second kappa shape index (κ2) is 8.10. The van der Waals surface area contributed by atoms with Gasteiger partial charge < -0.3 is 14.2 Å². The van der Waals surface area contributed by atoms with Gasteiger partial charge in [-0.05, 0) is 43.4 Å². The van der Waals surface area contributed by atoms with Crippen LogP contribution in [0, 0.1) is 34.5 Å². The Labute approximate surface area is 172 Å². The molecule has 0 N–H and O–H groups in total. The molecule has 0 radical (unpaired) electrons. The molecule has 6 nitrogen and oxygen atoms in total. The van der Waals surface area contributed by atoms with Crippen LogP contribution in [0.25, 0.3) is 0 Å². The van der Waals surface area contributed by atoms with E-state index in [0.29, 0.717) is 24.2 Å². The number of nitrogens with zero attached hydrogens (tertiary/aromatic N) is 1. The quantitative estimate of drug-likeness (QED) is 0.478. The third-order valence-electron chi connectivity index (χ3n) is 6.98. The molecule has 1 saturated carbocycles. The summed E-state index contributed by atoms with van der Waals surface area (Å²) < 4.78 is 16.8. The van der Waals surface area contributed by atoms with Crippen molar-refractivity contribution in [2.75, 3.05) is 0 Å². The molecule has 2 bridgehead atoms. The zero-order chi connectivity index (χ0) is 20.6. The first-order chi connectivity index (χ1) is 13.9. The first-order valence-corrected chi connectivity index (χ1v) is 11.0. The molecule has 158 valence electrons. The molecule has 0 aromatic carbocycles. The van der Waals surface area contributed by atoms with E-state index in [-0.39, 0.29) is 12.4 Å². The van der Waals surface area contributed by atoms with Gasteiger partial charge in [0.05, 0.1) is 6.07 Å². The van der Waals surface area contributed by atoms with Gasteiger partial charge in [-0.2, -0.15) is 5.26 Å². The Hall–Kier alpha value is -1.87. The van der Waals surface area contributed by atoms with Crippen molar-refractivity contribution in [3.8, 4) is 6.07 Å². The fraction of sp³-hybridized carbons (Fsp3) is 0.783. The number of esters is 2. The van der Waals surface area contributed by atoms with Crippen LogP contribution >= 0.6 is 0 Å². The lowest BCUT2D eigenvalue weighted by Crippen LogP contribution is -2.44. The molecule has 0 aromatic rings. The summed E-state index contributed by atoms with van der Waals surface area (Å²) in [6.07, 6.45) is 9.75. The van der Waals surface area contributed by atoms with Gasteiger partial charge in [-0.1, -0.05) is 38.8 Å². The third kappa shape index (κ3) is 3.82. The minimum Gasteiger partial charge on any atom is -0.455 e. The number of hydrogen-bond donors (Lipinski definition) is 0. The van der Waals surface area contributed by atoms with Crippen LogP contribution < -0.4 is 0 Å². The van der Waals surface area contributed by atoms with Crippen molar-refractivity contribution in [2.45, 2.75) is 89.6 Å². The Morgan fingerprint density at radius 1 is 1.34 bits per heavy atom. The Bertz CT molecular complexity index is 725. The van der Waals surface area contributed by atoms with Crippen LogP contribution in [0.15, 0.2) is 12.2 Å². The van der Waals surface area contributed by atoms with Crippen LogP contribution in [0.3, 0.4) is 0 Å². The molecule has 7 atom stereocenters. The van der Waals surface area contributed by atoms with E-state index in [2.05, 4.69) is 32.1 Å². The van der Waals surface area contributed by atoms with E-state index in [9.17, 15) is 14.9 Å². The summed E-state index contributed by atoms with van der Waals surface area (Å²) in [6, 6.07) is 2.08. The number of fused-ring (bicyclic) bond motifs is 1. The second-order valence-electron chi connectivity index (χ2n) is 9.65. The molecule has 1 aliphatic carbocycles. The minimum absolute atomic E-state index is 0.238. The molecule has 6 heteroatoms. The highest BCUT2D eigenvalue weighted by Crippen LogP contribution is 2.55. The highest BCUT2D eigenvalue weighted by atomic mass is 16.7. The molecule has 4 aliphatic rings. The highest BCUT2D eigenvalue weighted by molar-refractivity contribution is 5.85. The van der Waals surface area contributed by atoms with Gasteiger partial charge in [0.15, 0.2) is 17.6 Å². The van der Waals surface area contributed by atoms with E-state index < -0.39 is 35.8 Å². The van der Waals surface area contributed by atoms with Gasteiger partial charge in [-0.25, -0.2) is 0 Å². The fourth-order valence-corrected chi connectivity index (χ4v) is 5.47. The van der Waals surface area contributed by atoms with Crippen molar-refractivity contribution in [1.82, 2.24) is 0 Å². The van der Waals surface area contributed by atoms with E-state index in [1.807, 2.05) is 0 Å². The van der Waals surface area contributed by atoms with E-state index in [1.54, 1.807) is 0 Å². The number of allylic oxidation sites excluding steroid dienone is 2. The molecule has 3 heterocycles. The molecule has 7 unspecified atom stereocenters. The molecule has 4 fully saturated rings. The van der Waals surface area contributed by atoms with Crippen molar-refractivity contribution in [3.63, 3.8) is 0 Å². The summed E-state index contributed by atoms with van der Waals surface area (Å²) in [5.74, 6) is 0.910. The lowest BCUT2D eigenvalue weighted by atomic mass is 9.75. The number of carbonyl (C=O) groups is 2. The second-order valence-corrected chi connectivity index (χ2v) is 9.65. The Kier molecular flexibility index (Phi) is 5.70. The Morgan fingerprint density at radius 2 is 2.14 bits per heavy atom. The summed E-state index contributed by atoms with van der Waals surface area (Å²) in [5, 5.41) is 9.41. The first-order valence-electron chi connectivity index (χ1n) is 11.0. The van der Waals surface area contributed by atoms with E-state index in [4.69, 9.17) is 14.2 Å². The first kappa shape index (κ1) is 20.4. The smallest absolute Gasteiger partial charge is 0.329 e. The zero-order valence-corrected chi connectivity index (χ0v) is 17.3. The van der Waals surface area contributed by atoms with Crippen molar-refractivity contribution in [3.05, 3.63) is 12.2 Å². The summed E-state index contributed by atoms with van der Waals surface area (Å²) >= 11 is 0. The summed E-state index contributed by atoms with van der Waals surface area (Å²) in [5.41, 5.74) is -1.20. The maximum absolute atomic E-state index is 12.6. The Balaban J connectivity index is 1.26.